The van der Waals surface area contributed by atoms with Gasteiger partial charge in [0.15, 0.2) is 23.3 Å². The van der Waals surface area contributed by atoms with Gasteiger partial charge in [0.05, 0.1) is 51.1 Å². The second-order valence-corrected chi connectivity index (χ2v) is 12.4. The van der Waals surface area contributed by atoms with Crippen molar-refractivity contribution in [2.75, 3.05) is 23.8 Å². The van der Waals surface area contributed by atoms with Crippen LogP contribution in [0.5, 0.6) is 0 Å². The number of hydrogen-bond donors (Lipinski definition) is 5. The maximum Gasteiger partial charge on any atom is 0.295 e. The van der Waals surface area contributed by atoms with Gasteiger partial charge < -0.3 is 20.8 Å². The second kappa shape index (κ2) is 19.2. The molecule has 0 aliphatic rings. The number of benzene rings is 4. The summed E-state index contributed by atoms with van der Waals surface area (Å²) in [6.45, 7) is 2.23. The summed E-state index contributed by atoms with van der Waals surface area (Å²) in [4.78, 5) is 34.0. The van der Waals surface area contributed by atoms with Crippen LogP contribution in [0.25, 0.3) is 0 Å². The highest BCUT2D eigenvalue weighted by molar-refractivity contribution is 14.1. The molecule has 0 aliphatic heterocycles. The average Bonchev–Trinajstić information content (AvgIpc) is 3.07. The van der Waals surface area contributed by atoms with Crippen molar-refractivity contribution in [3.05, 3.63) is 115 Å². The molecule has 0 bridgehead atoms. The van der Waals surface area contributed by atoms with Crippen molar-refractivity contribution in [2.45, 2.75) is 26.1 Å². The van der Waals surface area contributed by atoms with Crippen LogP contribution in [0.1, 0.15) is 34.6 Å². The number of aliphatic hydroxyl groups excluding tert-OH is 2. The van der Waals surface area contributed by atoms with Crippen molar-refractivity contribution in [3.8, 4) is 0 Å². The van der Waals surface area contributed by atoms with E-state index >= 15 is 0 Å². The molecule has 4 aromatic carbocycles. The minimum absolute atomic E-state index is 0.157. The zero-order chi connectivity index (χ0) is 38.9. The molecule has 5 N–H and O–H groups in total. The standard InChI is InChI=1S/C16H13ClF4N2O3.C16H13ClF3IN2O3/c1-7(24)6-26-23-16(25)9-5-10(17)13(20)14(21)15(9)22-12-3-2-8(18)4-11(12)19;1-8(24)7-26-23(17)16(25)10-3-4-11(18)14(20)15(10)22-13-5-2-9(21)6-12(13)19/h2-5,7,22,24H,6H2,1H3,(H,23,25);2-6,8,22,24H,7H2,1H3. The molecule has 0 aliphatic carbocycles. The topological polar surface area (TPSA) is 132 Å². The molecule has 4 rings (SSSR count). The zero-order valence-corrected chi connectivity index (χ0v) is 30.2. The van der Waals surface area contributed by atoms with Crippen molar-refractivity contribution in [2.24, 2.45) is 0 Å². The summed E-state index contributed by atoms with van der Waals surface area (Å²) in [6, 6.07) is 8.93. The molecule has 0 saturated carbocycles. The quantitative estimate of drug-likeness (QED) is 0.0318. The molecule has 2 atom stereocenters. The van der Waals surface area contributed by atoms with Crippen LogP contribution in [-0.2, 0) is 9.68 Å². The van der Waals surface area contributed by atoms with E-state index in [-0.39, 0.29) is 29.0 Å². The van der Waals surface area contributed by atoms with Gasteiger partial charge in [-0.3, -0.25) is 19.3 Å². The molecule has 52 heavy (non-hydrogen) atoms. The predicted octanol–water partition coefficient (Wildman–Crippen LogP) is 8.04. The molecule has 0 radical (unpaired) electrons. The first-order chi connectivity index (χ1) is 24.4. The van der Waals surface area contributed by atoms with E-state index in [0.29, 0.717) is 9.64 Å². The highest BCUT2D eigenvalue weighted by Crippen LogP contribution is 2.33. The maximum atomic E-state index is 14.3. The number of amides is 2. The predicted molar refractivity (Wildman–Crippen MR) is 185 cm³/mol. The van der Waals surface area contributed by atoms with Gasteiger partial charge in [0.25, 0.3) is 11.8 Å². The lowest BCUT2D eigenvalue weighted by Crippen LogP contribution is -2.28. The lowest BCUT2D eigenvalue weighted by Gasteiger charge is -2.18. The number of aliphatic hydroxyl groups is 2. The van der Waals surface area contributed by atoms with E-state index < -0.39 is 92.4 Å². The van der Waals surface area contributed by atoms with Gasteiger partial charge in [-0.2, -0.15) is 0 Å². The molecular formula is C32H26Cl2F7IN4O6. The van der Waals surface area contributed by atoms with E-state index in [1.807, 2.05) is 28.1 Å². The first kappa shape index (κ1) is 42.5. The minimum Gasteiger partial charge on any atom is -0.391 e. The summed E-state index contributed by atoms with van der Waals surface area (Å²) in [7, 11) is 0. The third kappa shape index (κ3) is 11.5. The molecular weight excluding hydrogens is 867 g/mol. The molecule has 0 heterocycles. The monoisotopic (exact) mass is 892 g/mol. The van der Waals surface area contributed by atoms with Crippen LogP contribution < -0.4 is 16.1 Å². The van der Waals surface area contributed by atoms with Gasteiger partial charge in [0.2, 0.25) is 0 Å². The molecule has 0 fully saturated rings. The summed E-state index contributed by atoms with van der Waals surface area (Å²) >= 11 is 13.1. The van der Waals surface area contributed by atoms with Crippen LogP contribution in [0.4, 0.5) is 53.5 Å². The normalized spacial score (nSPS) is 12.0. The molecule has 0 saturated heterocycles. The fourth-order valence-corrected chi connectivity index (χ4v) is 4.60. The minimum atomic E-state index is -1.54. The van der Waals surface area contributed by atoms with E-state index in [1.54, 1.807) is 6.07 Å². The first-order valence-corrected chi connectivity index (χ1v) is 16.2. The fraction of sp³-hybridized carbons (Fsp3) is 0.188. The van der Waals surface area contributed by atoms with Crippen LogP contribution >= 0.6 is 46.0 Å². The Hall–Kier alpha value is -3.92. The number of carbonyl (C=O) groups is 2. The van der Waals surface area contributed by atoms with Gasteiger partial charge in [-0.25, -0.2) is 36.2 Å². The lowest BCUT2D eigenvalue weighted by molar-refractivity contribution is -0.0863. The summed E-state index contributed by atoms with van der Waals surface area (Å²) in [5, 5.41) is 22.1. The Balaban J connectivity index is 0.000000280. The van der Waals surface area contributed by atoms with Crippen molar-refractivity contribution in [1.29, 1.82) is 0 Å². The smallest absolute Gasteiger partial charge is 0.295 e. The Morgan fingerprint density at radius 2 is 1.35 bits per heavy atom. The molecule has 0 aromatic heterocycles. The average molecular weight is 893 g/mol. The fourth-order valence-electron chi connectivity index (χ4n) is 3.81. The van der Waals surface area contributed by atoms with Gasteiger partial charge in [-0.15, -0.1) is 4.58 Å². The summed E-state index contributed by atoms with van der Waals surface area (Å²) in [5.74, 6) is -10.4. The number of anilines is 4. The third-order valence-corrected chi connectivity index (χ3v) is 7.39. The molecule has 10 nitrogen and oxygen atoms in total. The Morgan fingerprint density at radius 1 is 0.769 bits per heavy atom. The Kier molecular flexibility index (Phi) is 15.7. The summed E-state index contributed by atoms with van der Waals surface area (Å²) < 4.78 is 97.5. The molecule has 0 spiro atoms. The molecule has 2 unspecified atom stereocenters. The van der Waals surface area contributed by atoms with Crippen LogP contribution in [0.15, 0.2) is 54.6 Å². The molecule has 4 aromatic rings. The Morgan fingerprint density at radius 3 is 1.92 bits per heavy atom. The Labute approximate surface area is 314 Å². The number of halogens is 10. The highest BCUT2D eigenvalue weighted by Gasteiger charge is 2.25. The zero-order valence-electron chi connectivity index (χ0n) is 26.5. The first-order valence-electron chi connectivity index (χ1n) is 14.4. The van der Waals surface area contributed by atoms with E-state index in [2.05, 4.69) is 10.6 Å². The van der Waals surface area contributed by atoms with E-state index in [4.69, 9.17) is 43.3 Å². The van der Waals surface area contributed by atoms with Crippen molar-refractivity contribution >= 4 is 80.5 Å². The summed E-state index contributed by atoms with van der Waals surface area (Å²) in [6.07, 6.45) is -1.80. The lowest BCUT2D eigenvalue weighted by atomic mass is 10.1. The van der Waals surface area contributed by atoms with Crippen LogP contribution in [0, 0.1) is 44.3 Å². The number of rotatable bonds is 12. The molecule has 2 amide bonds. The van der Waals surface area contributed by atoms with Crippen molar-refractivity contribution < 1.29 is 60.2 Å². The van der Waals surface area contributed by atoms with E-state index in [0.717, 1.165) is 30.3 Å². The highest BCUT2D eigenvalue weighted by atomic mass is 127. The maximum absolute atomic E-state index is 14.3. The second-order valence-electron chi connectivity index (χ2n) is 10.5. The van der Waals surface area contributed by atoms with Crippen molar-refractivity contribution in [1.82, 2.24) is 10.1 Å². The Bertz CT molecular complexity index is 1930. The van der Waals surface area contributed by atoms with Crippen LogP contribution in [-0.4, -0.2) is 52.0 Å². The molecule has 20 heteroatoms. The summed E-state index contributed by atoms with van der Waals surface area (Å²) in [5.41, 5.74) is -0.847. The number of hydrogen-bond acceptors (Lipinski definition) is 8. The van der Waals surface area contributed by atoms with Gasteiger partial charge >= 0.3 is 0 Å². The van der Waals surface area contributed by atoms with Crippen LogP contribution in [0.3, 0.4) is 0 Å². The van der Waals surface area contributed by atoms with E-state index in [9.17, 15) is 40.3 Å². The SMILES string of the molecule is CC(O)CON(Cl)C(=O)c1ccc(F)c(F)c1Nc1ccc(I)cc1F.CC(O)CONC(=O)c1cc(Cl)c(F)c(F)c1Nc1ccc(F)cc1F. The van der Waals surface area contributed by atoms with Crippen LogP contribution in [0.2, 0.25) is 5.02 Å². The number of nitrogens with one attached hydrogen (secondary N) is 3. The largest absolute Gasteiger partial charge is 0.391 e. The van der Waals surface area contributed by atoms with Gasteiger partial charge in [0, 0.05) is 21.4 Å². The number of carbonyl (C=O) groups excluding carboxylic acids is 2. The van der Waals surface area contributed by atoms with E-state index in [1.165, 1.54) is 26.0 Å². The number of hydroxylamine groups is 2. The van der Waals surface area contributed by atoms with Gasteiger partial charge in [-0.1, -0.05) is 11.6 Å². The van der Waals surface area contributed by atoms with Gasteiger partial charge in [-0.05, 0) is 85.0 Å². The van der Waals surface area contributed by atoms with Crippen molar-refractivity contribution in [3.63, 3.8) is 0 Å². The third-order valence-electron chi connectivity index (χ3n) is 6.19. The number of nitrogens with zero attached hydrogens (tertiary/aromatic N) is 1. The molecule has 280 valence electrons. The van der Waals surface area contributed by atoms with Gasteiger partial charge in [0.1, 0.15) is 30.7 Å².